The van der Waals surface area contributed by atoms with Crippen LogP contribution in [0.5, 0.6) is 5.75 Å². The summed E-state index contributed by atoms with van der Waals surface area (Å²) < 4.78 is 5.71. The second kappa shape index (κ2) is 5.79. The van der Waals surface area contributed by atoms with Crippen molar-refractivity contribution in [2.75, 3.05) is 6.61 Å². The fourth-order valence-electron chi connectivity index (χ4n) is 1.38. The molecule has 0 N–H and O–H groups in total. The third kappa shape index (κ3) is 4.37. The molecular formula is C14H22O. The summed E-state index contributed by atoms with van der Waals surface area (Å²) in [5, 5.41) is 0. The van der Waals surface area contributed by atoms with Crippen molar-refractivity contribution in [3.8, 4) is 5.75 Å². The molecule has 84 valence electrons. The van der Waals surface area contributed by atoms with E-state index in [-0.39, 0.29) is 0 Å². The van der Waals surface area contributed by atoms with E-state index in [0.29, 0.717) is 11.8 Å². The summed E-state index contributed by atoms with van der Waals surface area (Å²) in [5.74, 6) is 2.28. The van der Waals surface area contributed by atoms with E-state index in [1.54, 1.807) is 0 Å². The van der Waals surface area contributed by atoms with E-state index in [1.165, 1.54) is 5.56 Å². The lowest BCUT2D eigenvalue weighted by atomic mass is 10.0. The van der Waals surface area contributed by atoms with Crippen molar-refractivity contribution in [2.45, 2.75) is 40.0 Å². The molecule has 1 aromatic rings. The van der Waals surface area contributed by atoms with Crippen molar-refractivity contribution in [1.29, 1.82) is 0 Å². The zero-order valence-electron chi connectivity index (χ0n) is 10.3. The maximum absolute atomic E-state index is 5.71. The standard InChI is InChI=1S/C14H22O/c1-11(2)8-9-15-14-7-5-6-13(10-14)12(3)4/h5-7,10-12H,8-9H2,1-4H3. The van der Waals surface area contributed by atoms with Gasteiger partial charge in [0.1, 0.15) is 5.75 Å². The van der Waals surface area contributed by atoms with Crippen LogP contribution >= 0.6 is 0 Å². The lowest BCUT2D eigenvalue weighted by Crippen LogP contribution is -2.01. The normalized spacial score (nSPS) is 11.1. The average molecular weight is 206 g/mol. The molecule has 0 bridgehead atoms. The van der Waals surface area contributed by atoms with Crippen LogP contribution in [-0.2, 0) is 0 Å². The van der Waals surface area contributed by atoms with Crippen molar-refractivity contribution in [3.05, 3.63) is 29.8 Å². The maximum atomic E-state index is 5.71. The SMILES string of the molecule is CC(C)CCOc1cccc(C(C)C)c1. The fourth-order valence-corrected chi connectivity index (χ4v) is 1.38. The molecule has 0 heterocycles. The Balaban J connectivity index is 2.50. The molecule has 0 aliphatic carbocycles. The van der Waals surface area contributed by atoms with Gasteiger partial charge < -0.3 is 4.74 Å². The zero-order valence-corrected chi connectivity index (χ0v) is 10.3. The summed E-state index contributed by atoms with van der Waals surface area (Å²) in [6, 6.07) is 8.40. The lowest BCUT2D eigenvalue weighted by molar-refractivity contribution is 0.289. The fraction of sp³-hybridized carbons (Fsp3) is 0.571. The molecule has 0 unspecified atom stereocenters. The first-order valence-corrected chi connectivity index (χ1v) is 5.82. The molecule has 1 rings (SSSR count). The Morgan fingerprint density at radius 2 is 1.87 bits per heavy atom. The molecule has 0 aliphatic rings. The lowest BCUT2D eigenvalue weighted by Gasteiger charge is -2.10. The molecule has 0 spiro atoms. The monoisotopic (exact) mass is 206 g/mol. The summed E-state index contributed by atoms with van der Waals surface area (Å²) in [5.41, 5.74) is 1.34. The molecule has 0 amide bonds. The molecule has 1 aromatic carbocycles. The molecule has 1 nitrogen and oxygen atoms in total. The number of ether oxygens (including phenoxy) is 1. The molecule has 0 saturated carbocycles. The Kier molecular flexibility index (Phi) is 4.67. The third-order valence-electron chi connectivity index (χ3n) is 2.49. The van der Waals surface area contributed by atoms with Crippen molar-refractivity contribution in [1.82, 2.24) is 0 Å². The highest BCUT2D eigenvalue weighted by Gasteiger charge is 2.01. The van der Waals surface area contributed by atoms with Gasteiger partial charge in [-0.1, -0.05) is 39.8 Å². The number of hydrogen-bond acceptors (Lipinski definition) is 1. The smallest absolute Gasteiger partial charge is 0.119 e. The summed E-state index contributed by atoms with van der Waals surface area (Å²) in [7, 11) is 0. The van der Waals surface area contributed by atoms with Gasteiger partial charge in [-0.25, -0.2) is 0 Å². The van der Waals surface area contributed by atoms with Crippen LogP contribution in [0.2, 0.25) is 0 Å². The van der Waals surface area contributed by atoms with Gasteiger partial charge >= 0.3 is 0 Å². The summed E-state index contributed by atoms with van der Waals surface area (Å²) in [6.07, 6.45) is 1.12. The van der Waals surface area contributed by atoms with Gasteiger partial charge in [-0.15, -0.1) is 0 Å². The Morgan fingerprint density at radius 3 is 2.47 bits per heavy atom. The molecule has 0 saturated heterocycles. The van der Waals surface area contributed by atoms with Crippen LogP contribution < -0.4 is 4.74 Å². The Morgan fingerprint density at radius 1 is 1.13 bits per heavy atom. The van der Waals surface area contributed by atoms with Crippen molar-refractivity contribution < 1.29 is 4.74 Å². The first-order chi connectivity index (χ1) is 7.09. The highest BCUT2D eigenvalue weighted by atomic mass is 16.5. The van der Waals surface area contributed by atoms with E-state index in [9.17, 15) is 0 Å². The predicted molar refractivity (Wildman–Crippen MR) is 65.5 cm³/mol. The zero-order chi connectivity index (χ0) is 11.3. The van der Waals surface area contributed by atoms with Crippen molar-refractivity contribution >= 4 is 0 Å². The third-order valence-corrected chi connectivity index (χ3v) is 2.49. The molecule has 0 aliphatic heterocycles. The van der Waals surface area contributed by atoms with E-state index in [2.05, 4.69) is 45.9 Å². The van der Waals surface area contributed by atoms with Gasteiger partial charge in [-0.05, 0) is 36.0 Å². The molecule has 0 fully saturated rings. The van der Waals surface area contributed by atoms with Crippen LogP contribution in [-0.4, -0.2) is 6.61 Å². The van der Waals surface area contributed by atoms with Gasteiger partial charge in [0.05, 0.1) is 6.61 Å². The van der Waals surface area contributed by atoms with Crippen LogP contribution in [0, 0.1) is 5.92 Å². The van der Waals surface area contributed by atoms with Crippen LogP contribution in [0.15, 0.2) is 24.3 Å². The van der Waals surface area contributed by atoms with Gasteiger partial charge in [0, 0.05) is 0 Å². The van der Waals surface area contributed by atoms with Crippen LogP contribution in [0.1, 0.15) is 45.6 Å². The predicted octanol–water partition coefficient (Wildman–Crippen LogP) is 4.23. The van der Waals surface area contributed by atoms with E-state index in [0.717, 1.165) is 18.8 Å². The number of rotatable bonds is 5. The van der Waals surface area contributed by atoms with Crippen LogP contribution in [0.3, 0.4) is 0 Å². The Hall–Kier alpha value is -0.980. The summed E-state index contributed by atoms with van der Waals surface area (Å²) >= 11 is 0. The largest absolute Gasteiger partial charge is 0.494 e. The van der Waals surface area contributed by atoms with Gasteiger partial charge in [-0.3, -0.25) is 0 Å². The minimum absolute atomic E-state index is 0.568. The highest BCUT2D eigenvalue weighted by Crippen LogP contribution is 2.20. The highest BCUT2D eigenvalue weighted by molar-refractivity contribution is 5.30. The molecule has 1 heteroatoms. The number of benzene rings is 1. The van der Waals surface area contributed by atoms with Gasteiger partial charge in [-0.2, -0.15) is 0 Å². The quantitative estimate of drug-likeness (QED) is 0.700. The second-order valence-corrected chi connectivity index (χ2v) is 4.76. The van der Waals surface area contributed by atoms with E-state index in [1.807, 2.05) is 6.07 Å². The maximum Gasteiger partial charge on any atom is 0.119 e. The van der Waals surface area contributed by atoms with Crippen LogP contribution in [0.25, 0.3) is 0 Å². The Bertz CT molecular complexity index is 289. The molecule has 0 aromatic heterocycles. The van der Waals surface area contributed by atoms with Crippen molar-refractivity contribution in [3.63, 3.8) is 0 Å². The number of hydrogen-bond donors (Lipinski definition) is 0. The van der Waals surface area contributed by atoms with Gasteiger partial charge in [0.15, 0.2) is 0 Å². The molecule has 0 atom stereocenters. The minimum Gasteiger partial charge on any atom is -0.494 e. The molecule has 0 radical (unpaired) electrons. The summed E-state index contributed by atoms with van der Waals surface area (Å²) in [6.45, 7) is 9.65. The second-order valence-electron chi connectivity index (χ2n) is 4.76. The van der Waals surface area contributed by atoms with E-state index in [4.69, 9.17) is 4.74 Å². The Labute approximate surface area is 93.5 Å². The summed E-state index contributed by atoms with van der Waals surface area (Å²) in [4.78, 5) is 0. The van der Waals surface area contributed by atoms with Gasteiger partial charge in [0.2, 0.25) is 0 Å². The minimum atomic E-state index is 0.568. The van der Waals surface area contributed by atoms with E-state index < -0.39 is 0 Å². The average Bonchev–Trinajstić information content (AvgIpc) is 2.17. The van der Waals surface area contributed by atoms with E-state index >= 15 is 0 Å². The first-order valence-electron chi connectivity index (χ1n) is 5.82. The van der Waals surface area contributed by atoms with Crippen molar-refractivity contribution in [2.24, 2.45) is 5.92 Å². The first kappa shape index (κ1) is 12.1. The topological polar surface area (TPSA) is 9.23 Å². The molecule has 15 heavy (non-hydrogen) atoms. The van der Waals surface area contributed by atoms with Gasteiger partial charge in [0.25, 0.3) is 0 Å². The van der Waals surface area contributed by atoms with Crippen LogP contribution in [0.4, 0.5) is 0 Å². The molecular weight excluding hydrogens is 184 g/mol.